The highest BCUT2D eigenvalue weighted by molar-refractivity contribution is 5.92. The van der Waals surface area contributed by atoms with Crippen LogP contribution in [-0.2, 0) is 11.2 Å². The Morgan fingerprint density at radius 1 is 1.05 bits per heavy atom. The summed E-state index contributed by atoms with van der Waals surface area (Å²) < 4.78 is 10.4. The summed E-state index contributed by atoms with van der Waals surface area (Å²) in [7, 11) is 3.22. The van der Waals surface area contributed by atoms with Gasteiger partial charge in [0.05, 0.1) is 20.6 Å². The third-order valence-electron chi connectivity index (χ3n) is 3.16. The van der Waals surface area contributed by atoms with E-state index in [1.165, 1.54) is 0 Å². The number of aryl methyl sites for hydroxylation is 1. The molecule has 2 aromatic carbocycles. The minimum Gasteiger partial charge on any atom is -0.497 e. The Kier molecular flexibility index (Phi) is 4.82. The summed E-state index contributed by atoms with van der Waals surface area (Å²) in [5.41, 5.74) is 2.72. The first-order chi connectivity index (χ1) is 10.1. The van der Waals surface area contributed by atoms with E-state index in [1.807, 2.05) is 49.4 Å². The van der Waals surface area contributed by atoms with Crippen molar-refractivity contribution in [3.8, 4) is 11.5 Å². The van der Waals surface area contributed by atoms with Gasteiger partial charge in [-0.15, -0.1) is 0 Å². The molecule has 0 unspecified atom stereocenters. The maximum absolute atomic E-state index is 12.1. The molecule has 0 aliphatic heterocycles. The van der Waals surface area contributed by atoms with Crippen LogP contribution in [0.4, 0.5) is 5.69 Å². The molecule has 1 amide bonds. The molecule has 0 heterocycles. The Labute approximate surface area is 124 Å². The summed E-state index contributed by atoms with van der Waals surface area (Å²) in [5, 5.41) is 2.86. The number of carbonyl (C=O) groups excluding carboxylic acids is 1. The minimum absolute atomic E-state index is 0.0796. The molecule has 4 nitrogen and oxygen atoms in total. The van der Waals surface area contributed by atoms with Gasteiger partial charge in [0.2, 0.25) is 5.91 Å². The van der Waals surface area contributed by atoms with Crippen molar-refractivity contribution < 1.29 is 14.3 Å². The Bertz CT molecular complexity index is 620. The number of ether oxygens (including phenoxy) is 2. The molecule has 0 saturated heterocycles. The monoisotopic (exact) mass is 285 g/mol. The molecule has 0 aromatic heterocycles. The Balaban J connectivity index is 2.05. The first kappa shape index (κ1) is 14.9. The van der Waals surface area contributed by atoms with Crippen LogP contribution in [0.15, 0.2) is 42.5 Å². The minimum atomic E-state index is -0.0796. The van der Waals surface area contributed by atoms with Crippen molar-refractivity contribution >= 4 is 11.6 Å². The Hall–Kier alpha value is -2.49. The van der Waals surface area contributed by atoms with Crippen LogP contribution in [0, 0.1) is 6.92 Å². The van der Waals surface area contributed by atoms with Gasteiger partial charge in [-0.25, -0.2) is 0 Å². The van der Waals surface area contributed by atoms with Gasteiger partial charge in [0.15, 0.2) is 0 Å². The van der Waals surface area contributed by atoms with Gasteiger partial charge < -0.3 is 14.8 Å². The highest BCUT2D eigenvalue weighted by atomic mass is 16.5. The third kappa shape index (κ3) is 3.99. The quantitative estimate of drug-likeness (QED) is 0.917. The van der Waals surface area contributed by atoms with E-state index in [0.29, 0.717) is 0 Å². The molecule has 0 saturated carbocycles. The van der Waals surface area contributed by atoms with E-state index in [0.717, 1.165) is 28.3 Å². The van der Waals surface area contributed by atoms with E-state index >= 15 is 0 Å². The number of amides is 1. The highest BCUT2D eigenvalue weighted by Crippen LogP contribution is 2.21. The number of benzene rings is 2. The molecule has 0 spiro atoms. The van der Waals surface area contributed by atoms with Crippen molar-refractivity contribution in [2.75, 3.05) is 19.5 Å². The summed E-state index contributed by atoms with van der Waals surface area (Å²) >= 11 is 0. The fraction of sp³-hybridized carbons (Fsp3) is 0.235. The summed E-state index contributed by atoms with van der Waals surface area (Å²) in [6.07, 6.45) is 0.275. The molecule has 0 atom stereocenters. The maximum atomic E-state index is 12.1. The van der Waals surface area contributed by atoms with Crippen molar-refractivity contribution in [3.05, 3.63) is 53.6 Å². The highest BCUT2D eigenvalue weighted by Gasteiger charge is 2.09. The van der Waals surface area contributed by atoms with Crippen LogP contribution in [0.3, 0.4) is 0 Å². The molecule has 110 valence electrons. The first-order valence-corrected chi connectivity index (χ1v) is 6.70. The fourth-order valence-electron chi connectivity index (χ4n) is 2.10. The lowest BCUT2D eigenvalue weighted by Crippen LogP contribution is -2.15. The van der Waals surface area contributed by atoms with Gasteiger partial charge in [0.1, 0.15) is 11.5 Å². The van der Waals surface area contributed by atoms with Crippen LogP contribution in [-0.4, -0.2) is 20.1 Å². The van der Waals surface area contributed by atoms with Crippen molar-refractivity contribution in [1.29, 1.82) is 0 Å². The number of methoxy groups -OCH3 is 2. The Morgan fingerprint density at radius 2 is 1.76 bits per heavy atom. The number of anilines is 1. The molecule has 2 rings (SSSR count). The van der Waals surface area contributed by atoms with Gasteiger partial charge in [-0.3, -0.25) is 4.79 Å². The number of nitrogens with one attached hydrogen (secondary N) is 1. The third-order valence-corrected chi connectivity index (χ3v) is 3.16. The normalized spacial score (nSPS) is 10.0. The summed E-state index contributed by atoms with van der Waals surface area (Å²) in [6, 6.07) is 13.0. The fourth-order valence-corrected chi connectivity index (χ4v) is 2.10. The summed E-state index contributed by atoms with van der Waals surface area (Å²) in [4.78, 5) is 12.1. The second kappa shape index (κ2) is 6.79. The molecule has 0 aliphatic rings. The lowest BCUT2D eigenvalue weighted by atomic mass is 10.1. The molecule has 0 radical (unpaired) electrons. The van der Waals surface area contributed by atoms with E-state index < -0.39 is 0 Å². The van der Waals surface area contributed by atoms with Crippen molar-refractivity contribution in [3.63, 3.8) is 0 Å². The predicted molar refractivity (Wildman–Crippen MR) is 83.1 cm³/mol. The van der Waals surface area contributed by atoms with Crippen molar-refractivity contribution in [2.24, 2.45) is 0 Å². The molecule has 2 aromatic rings. The van der Waals surface area contributed by atoms with Crippen molar-refractivity contribution in [1.82, 2.24) is 0 Å². The van der Waals surface area contributed by atoms with Crippen LogP contribution in [0.2, 0.25) is 0 Å². The smallest absolute Gasteiger partial charge is 0.228 e. The molecule has 21 heavy (non-hydrogen) atoms. The Morgan fingerprint density at radius 3 is 2.38 bits per heavy atom. The standard InChI is InChI=1S/C17H19NO3/c1-12-4-9-16(21-3)13(10-12)11-17(19)18-14-5-7-15(20-2)8-6-14/h4-10H,11H2,1-3H3,(H,18,19). The van der Waals surface area contributed by atoms with Crippen LogP contribution in [0.5, 0.6) is 11.5 Å². The van der Waals surface area contributed by atoms with Crippen LogP contribution < -0.4 is 14.8 Å². The van der Waals surface area contributed by atoms with E-state index in [4.69, 9.17) is 9.47 Å². The largest absolute Gasteiger partial charge is 0.497 e. The molecule has 0 aliphatic carbocycles. The zero-order chi connectivity index (χ0) is 15.2. The lowest BCUT2D eigenvalue weighted by Gasteiger charge is -2.10. The number of hydrogen-bond acceptors (Lipinski definition) is 3. The van der Waals surface area contributed by atoms with E-state index in [9.17, 15) is 4.79 Å². The van der Waals surface area contributed by atoms with Crippen LogP contribution in [0.25, 0.3) is 0 Å². The molecule has 4 heteroatoms. The summed E-state index contributed by atoms with van der Waals surface area (Å²) in [5.74, 6) is 1.41. The van der Waals surface area contributed by atoms with E-state index in [2.05, 4.69) is 5.32 Å². The summed E-state index contributed by atoms with van der Waals surface area (Å²) in [6.45, 7) is 1.99. The van der Waals surface area contributed by atoms with Gasteiger partial charge >= 0.3 is 0 Å². The van der Waals surface area contributed by atoms with Crippen molar-refractivity contribution in [2.45, 2.75) is 13.3 Å². The van der Waals surface area contributed by atoms with Crippen LogP contribution >= 0.6 is 0 Å². The molecule has 0 bridgehead atoms. The van der Waals surface area contributed by atoms with Gasteiger partial charge in [0, 0.05) is 11.3 Å². The molecule has 1 N–H and O–H groups in total. The van der Waals surface area contributed by atoms with E-state index in [-0.39, 0.29) is 12.3 Å². The van der Waals surface area contributed by atoms with Crippen LogP contribution in [0.1, 0.15) is 11.1 Å². The average molecular weight is 285 g/mol. The van der Waals surface area contributed by atoms with Gasteiger partial charge in [-0.1, -0.05) is 17.7 Å². The van der Waals surface area contributed by atoms with Gasteiger partial charge in [-0.05, 0) is 37.3 Å². The second-order valence-corrected chi connectivity index (χ2v) is 4.77. The first-order valence-electron chi connectivity index (χ1n) is 6.70. The number of rotatable bonds is 5. The average Bonchev–Trinajstić information content (AvgIpc) is 2.48. The zero-order valence-corrected chi connectivity index (χ0v) is 12.5. The lowest BCUT2D eigenvalue weighted by molar-refractivity contribution is -0.115. The predicted octanol–water partition coefficient (Wildman–Crippen LogP) is 3.19. The SMILES string of the molecule is COc1ccc(NC(=O)Cc2cc(C)ccc2OC)cc1. The second-order valence-electron chi connectivity index (χ2n) is 4.77. The number of carbonyl (C=O) groups is 1. The maximum Gasteiger partial charge on any atom is 0.228 e. The van der Waals surface area contributed by atoms with Gasteiger partial charge in [-0.2, -0.15) is 0 Å². The topological polar surface area (TPSA) is 47.6 Å². The van der Waals surface area contributed by atoms with Gasteiger partial charge in [0.25, 0.3) is 0 Å². The molecular formula is C17H19NO3. The molecule has 0 fully saturated rings. The van der Waals surface area contributed by atoms with E-state index in [1.54, 1.807) is 14.2 Å². The zero-order valence-electron chi connectivity index (χ0n) is 12.5. The number of hydrogen-bond donors (Lipinski definition) is 1. The molecular weight excluding hydrogens is 266 g/mol.